The number of amides is 1. The topological polar surface area (TPSA) is 58.1 Å². The fraction of sp³-hybridized carbons (Fsp3) is 0.450. The van der Waals surface area contributed by atoms with Crippen molar-refractivity contribution in [3.8, 4) is 11.4 Å². The highest BCUT2D eigenvalue weighted by atomic mass is 16.2. The minimum absolute atomic E-state index is 0.0258. The highest BCUT2D eigenvalue weighted by molar-refractivity contribution is 5.79. The maximum Gasteiger partial charge on any atom is 0.225 e. The summed E-state index contributed by atoms with van der Waals surface area (Å²) in [6.45, 7) is 5.78. The third-order valence-corrected chi connectivity index (χ3v) is 4.79. The van der Waals surface area contributed by atoms with Crippen LogP contribution in [0.2, 0.25) is 0 Å². The number of rotatable bonds is 5. The Morgan fingerprint density at radius 1 is 1.32 bits per heavy atom. The Bertz CT molecular complexity index is 704. The lowest BCUT2D eigenvalue weighted by molar-refractivity contribution is -0.125. The number of carbonyl (C=O) groups is 1. The lowest BCUT2D eigenvalue weighted by Gasteiger charge is -2.33. The van der Waals surface area contributed by atoms with Crippen LogP contribution < -0.4 is 10.2 Å². The predicted molar refractivity (Wildman–Crippen MR) is 100 cm³/mol. The molecule has 1 fully saturated rings. The number of aromatic nitrogens is 2. The summed E-state index contributed by atoms with van der Waals surface area (Å²) < 4.78 is 0. The molecule has 1 amide bonds. The van der Waals surface area contributed by atoms with E-state index < -0.39 is 0 Å². The number of nitrogens with zero attached hydrogens (tertiary/aromatic N) is 3. The van der Waals surface area contributed by atoms with Gasteiger partial charge in [0.15, 0.2) is 5.82 Å². The Morgan fingerprint density at radius 2 is 2.12 bits per heavy atom. The number of hydrogen-bond donors (Lipinski definition) is 1. The molecule has 0 unspecified atom stereocenters. The molecule has 0 saturated carbocycles. The van der Waals surface area contributed by atoms with Crippen molar-refractivity contribution in [3.63, 3.8) is 0 Å². The fourth-order valence-corrected chi connectivity index (χ4v) is 3.11. The van der Waals surface area contributed by atoms with Crippen LogP contribution in [0.5, 0.6) is 0 Å². The van der Waals surface area contributed by atoms with Crippen molar-refractivity contribution in [2.45, 2.75) is 39.2 Å². The van der Waals surface area contributed by atoms with Crippen LogP contribution in [0.4, 0.5) is 5.82 Å². The molecule has 0 bridgehead atoms. The summed E-state index contributed by atoms with van der Waals surface area (Å²) in [6.07, 6.45) is 4.70. The molecule has 25 heavy (non-hydrogen) atoms. The fourth-order valence-electron chi connectivity index (χ4n) is 3.11. The van der Waals surface area contributed by atoms with Gasteiger partial charge in [0.2, 0.25) is 5.91 Å². The summed E-state index contributed by atoms with van der Waals surface area (Å²) in [5.74, 6) is 1.81. The molecule has 1 N–H and O–H groups in total. The van der Waals surface area contributed by atoms with Crippen molar-refractivity contribution in [2.24, 2.45) is 5.92 Å². The minimum Gasteiger partial charge on any atom is -0.356 e. The quantitative estimate of drug-likeness (QED) is 0.909. The van der Waals surface area contributed by atoms with Gasteiger partial charge in [-0.15, -0.1) is 0 Å². The van der Waals surface area contributed by atoms with Crippen LogP contribution in [-0.2, 0) is 4.79 Å². The van der Waals surface area contributed by atoms with E-state index in [1.165, 1.54) is 0 Å². The van der Waals surface area contributed by atoms with Gasteiger partial charge in [0.05, 0.1) is 5.92 Å². The molecule has 2 heterocycles. The van der Waals surface area contributed by atoms with Gasteiger partial charge in [-0.2, -0.15) is 0 Å². The largest absolute Gasteiger partial charge is 0.356 e. The third kappa shape index (κ3) is 4.35. The second-order valence-electron chi connectivity index (χ2n) is 6.71. The van der Waals surface area contributed by atoms with Gasteiger partial charge >= 0.3 is 0 Å². The first-order chi connectivity index (χ1) is 12.2. The summed E-state index contributed by atoms with van der Waals surface area (Å²) in [5.41, 5.74) is 1.01. The molecule has 132 valence electrons. The number of carbonyl (C=O) groups excluding carboxylic acids is 1. The zero-order valence-electron chi connectivity index (χ0n) is 15.0. The van der Waals surface area contributed by atoms with E-state index in [1.54, 1.807) is 6.20 Å². The molecule has 0 radical (unpaired) electrons. The Kier molecular flexibility index (Phi) is 5.64. The molecule has 5 nitrogen and oxygen atoms in total. The molecular formula is C20H26N4O. The van der Waals surface area contributed by atoms with Gasteiger partial charge in [0.1, 0.15) is 5.82 Å². The van der Waals surface area contributed by atoms with E-state index in [-0.39, 0.29) is 17.9 Å². The first kappa shape index (κ1) is 17.4. The number of nitrogens with one attached hydrogen (secondary N) is 1. The minimum atomic E-state index is 0.0258. The maximum absolute atomic E-state index is 12.5. The van der Waals surface area contributed by atoms with Crippen molar-refractivity contribution < 1.29 is 4.79 Å². The molecule has 1 aromatic heterocycles. The lowest BCUT2D eigenvalue weighted by atomic mass is 9.96. The first-order valence-corrected chi connectivity index (χ1v) is 9.11. The molecule has 3 rings (SSSR count). The molecule has 2 aromatic rings. The van der Waals surface area contributed by atoms with E-state index in [4.69, 9.17) is 4.98 Å². The second kappa shape index (κ2) is 8.10. The second-order valence-corrected chi connectivity index (χ2v) is 6.71. The number of hydrogen-bond acceptors (Lipinski definition) is 4. The Hall–Kier alpha value is -2.43. The van der Waals surface area contributed by atoms with E-state index in [9.17, 15) is 4.79 Å². The van der Waals surface area contributed by atoms with Gasteiger partial charge in [-0.05, 0) is 32.3 Å². The molecule has 2 atom stereocenters. The first-order valence-electron chi connectivity index (χ1n) is 9.11. The highest BCUT2D eigenvalue weighted by Gasteiger charge is 2.27. The van der Waals surface area contributed by atoms with Crippen LogP contribution in [0.25, 0.3) is 11.4 Å². The average Bonchev–Trinajstić information content (AvgIpc) is 2.68. The lowest BCUT2D eigenvalue weighted by Crippen LogP contribution is -2.45. The van der Waals surface area contributed by atoms with Crippen LogP contribution in [0.1, 0.15) is 33.1 Å². The standard InChI is InChI=1S/C20H26N4O/c1-3-15(2)22-20(25)17-10-7-13-24(14-17)18-11-12-21-19(23-18)16-8-5-4-6-9-16/h4-6,8-9,11-12,15,17H,3,7,10,13-14H2,1-2H3,(H,22,25)/t15-,17-/m1/s1. The Morgan fingerprint density at radius 3 is 2.88 bits per heavy atom. The van der Waals surface area contributed by atoms with Gasteiger partial charge in [0.25, 0.3) is 0 Å². The molecule has 1 aliphatic heterocycles. The van der Waals surface area contributed by atoms with Crippen LogP contribution in [-0.4, -0.2) is 35.0 Å². The number of benzene rings is 1. The van der Waals surface area contributed by atoms with Crippen LogP contribution >= 0.6 is 0 Å². The van der Waals surface area contributed by atoms with Gasteiger partial charge < -0.3 is 10.2 Å². The Labute approximate surface area is 149 Å². The number of anilines is 1. The van der Waals surface area contributed by atoms with Crippen molar-refractivity contribution in [3.05, 3.63) is 42.6 Å². The van der Waals surface area contributed by atoms with Gasteiger partial charge in [-0.1, -0.05) is 37.3 Å². The molecular weight excluding hydrogens is 312 g/mol. The summed E-state index contributed by atoms with van der Waals surface area (Å²) >= 11 is 0. The average molecular weight is 338 g/mol. The normalized spacial score (nSPS) is 18.6. The maximum atomic E-state index is 12.5. The molecule has 1 aromatic carbocycles. The molecule has 0 aliphatic carbocycles. The van der Waals surface area contributed by atoms with E-state index in [0.29, 0.717) is 6.54 Å². The predicted octanol–water partition coefficient (Wildman–Crippen LogP) is 3.27. The van der Waals surface area contributed by atoms with Crippen molar-refractivity contribution in [2.75, 3.05) is 18.0 Å². The van der Waals surface area contributed by atoms with E-state index in [2.05, 4.69) is 29.0 Å². The molecule has 5 heteroatoms. The van der Waals surface area contributed by atoms with Crippen molar-refractivity contribution in [1.82, 2.24) is 15.3 Å². The summed E-state index contributed by atoms with van der Waals surface area (Å²) in [5, 5.41) is 3.11. The molecule has 0 spiro atoms. The molecule has 1 aliphatic rings. The van der Waals surface area contributed by atoms with Crippen LogP contribution in [0.15, 0.2) is 42.6 Å². The van der Waals surface area contributed by atoms with Crippen LogP contribution in [0, 0.1) is 5.92 Å². The summed E-state index contributed by atoms with van der Waals surface area (Å²) in [6, 6.07) is 12.1. The molecule has 1 saturated heterocycles. The van der Waals surface area contributed by atoms with Gasteiger partial charge in [-0.25, -0.2) is 9.97 Å². The van der Waals surface area contributed by atoms with Crippen LogP contribution in [0.3, 0.4) is 0 Å². The Balaban J connectivity index is 1.72. The zero-order chi connectivity index (χ0) is 17.6. The van der Waals surface area contributed by atoms with E-state index >= 15 is 0 Å². The van der Waals surface area contributed by atoms with E-state index in [1.807, 2.05) is 36.4 Å². The van der Waals surface area contributed by atoms with Crippen molar-refractivity contribution >= 4 is 11.7 Å². The van der Waals surface area contributed by atoms with Crippen molar-refractivity contribution in [1.29, 1.82) is 0 Å². The smallest absolute Gasteiger partial charge is 0.225 e. The van der Waals surface area contributed by atoms with E-state index in [0.717, 1.165) is 43.0 Å². The summed E-state index contributed by atoms with van der Waals surface area (Å²) in [4.78, 5) is 23.8. The van der Waals surface area contributed by atoms with Gasteiger partial charge in [-0.3, -0.25) is 4.79 Å². The highest BCUT2D eigenvalue weighted by Crippen LogP contribution is 2.24. The zero-order valence-corrected chi connectivity index (χ0v) is 15.0. The van der Waals surface area contributed by atoms with Gasteiger partial charge in [0, 0.05) is 30.9 Å². The monoisotopic (exact) mass is 338 g/mol. The number of piperidine rings is 1. The SMILES string of the molecule is CC[C@@H](C)NC(=O)[C@@H]1CCCN(c2ccnc(-c3ccccc3)n2)C1. The third-order valence-electron chi connectivity index (χ3n) is 4.79. The summed E-state index contributed by atoms with van der Waals surface area (Å²) in [7, 11) is 0.